The highest BCUT2D eigenvalue weighted by Crippen LogP contribution is 2.16. The highest BCUT2D eigenvalue weighted by Gasteiger charge is 2.03. The van der Waals surface area contributed by atoms with Gasteiger partial charge in [-0.15, -0.1) is 11.6 Å². The van der Waals surface area contributed by atoms with E-state index in [0.717, 1.165) is 5.39 Å². The molecule has 1 aromatic heterocycles. The van der Waals surface area contributed by atoms with Crippen molar-refractivity contribution in [2.75, 3.05) is 11.2 Å². The van der Waals surface area contributed by atoms with E-state index < -0.39 is 0 Å². The largest absolute Gasteiger partial charge is 0.325 e. The predicted octanol–water partition coefficient (Wildman–Crippen LogP) is 1.72. The van der Waals surface area contributed by atoms with Gasteiger partial charge in [0.2, 0.25) is 5.91 Å². The summed E-state index contributed by atoms with van der Waals surface area (Å²) in [5.74, 6) is -0.357. The zero-order valence-corrected chi connectivity index (χ0v) is 9.99. The molecule has 0 aliphatic rings. The number of alkyl halides is 1. The SMILES string of the molecule is Cn1ccc2cc(NC(=O)CCl)ccc2c1=O. The van der Waals surface area contributed by atoms with Gasteiger partial charge in [0.1, 0.15) is 5.88 Å². The lowest BCUT2D eigenvalue weighted by Crippen LogP contribution is -2.16. The number of aromatic nitrogens is 1. The van der Waals surface area contributed by atoms with Crippen LogP contribution in [0.15, 0.2) is 35.3 Å². The number of nitrogens with zero attached hydrogens (tertiary/aromatic N) is 1. The number of anilines is 1. The van der Waals surface area contributed by atoms with E-state index in [1.54, 1.807) is 31.4 Å². The third-order valence-corrected chi connectivity index (χ3v) is 2.73. The van der Waals surface area contributed by atoms with Crippen molar-refractivity contribution < 1.29 is 4.79 Å². The Bertz CT molecular complexity index is 634. The molecule has 4 nitrogen and oxygen atoms in total. The van der Waals surface area contributed by atoms with Crippen LogP contribution in [0.4, 0.5) is 5.69 Å². The summed E-state index contributed by atoms with van der Waals surface area (Å²) in [5.41, 5.74) is 0.578. The zero-order valence-electron chi connectivity index (χ0n) is 9.24. The summed E-state index contributed by atoms with van der Waals surface area (Å²) in [7, 11) is 1.70. The molecule has 0 spiro atoms. The number of amides is 1. The number of aryl methyl sites for hydroxylation is 1. The summed E-state index contributed by atoms with van der Waals surface area (Å²) < 4.78 is 1.51. The second-order valence-electron chi connectivity index (χ2n) is 3.72. The van der Waals surface area contributed by atoms with Gasteiger partial charge in [0.05, 0.1) is 0 Å². The molecule has 1 amide bonds. The Morgan fingerprint density at radius 3 is 2.88 bits per heavy atom. The maximum Gasteiger partial charge on any atom is 0.258 e. The van der Waals surface area contributed by atoms with Gasteiger partial charge in [0.25, 0.3) is 5.56 Å². The first-order valence-corrected chi connectivity index (χ1v) is 5.60. The number of carbonyl (C=O) groups is 1. The fourth-order valence-corrected chi connectivity index (χ4v) is 1.68. The van der Waals surface area contributed by atoms with E-state index >= 15 is 0 Å². The maximum absolute atomic E-state index is 11.8. The van der Waals surface area contributed by atoms with Crippen molar-refractivity contribution in [1.29, 1.82) is 0 Å². The van der Waals surface area contributed by atoms with E-state index in [-0.39, 0.29) is 17.3 Å². The van der Waals surface area contributed by atoms with Gasteiger partial charge in [-0.2, -0.15) is 0 Å². The summed E-state index contributed by atoms with van der Waals surface area (Å²) in [6, 6.07) is 6.96. The maximum atomic E-state index is 11.8. The normalized spacial score (nSPS) is 10.5. The second kappa shape index (κ2) is 4.59. The number of hydrogen-bond donors (Lipinski definition) is 1. The molecule has 1 N–H and O–H groups in total. The Balaban J connectivity index is 2.49. The van der Waals surface area contributed by atoms with Gasteiger partial charge in [-0.1, -0.05) is 0 Å². The van der Waals surface area contributed by atoms with E-state index in [9.17, 15) is 9.59 Å². The summed E-state index contributed by atoms with van der Waals surface area (Å²) in [5, 5.41) is 4.05. The van der Waals surface area contributed by atoms with E-state index in [2.05, 4.69) is 5.32 Å². The van der Waals surface area contributed by atoms with Gasteiger partial charge in [0, 0.05) is 24.3 Å². The first kappa shape index (κ1) is 11.7. The lowest BCUT2D eigenvalue weighted by Gasteiger charge is -2.05. The summed E-state index contributed by atoms with van der Waals surface area (Å²) in [6.07, 6.45) is 1.69. The average Bonchev–Trinajstić information content (AvgIpc) is 2.34. The molecule has 0 saturated carbocycles. The smallest absolute Gasteiger partial charge is 0.258 e. The summed E-state index contributed by atoms with van der Waals surface area (Å²) in [4.78, 5) is 22.9. The molecule has 1 heterocycles. The Morgan fingerprint density at radius 1 is 1.41 bits per heavy atom. The molecule has 0 aliphatic heterocycles. The standard InChI is InChI=1S/C12H11ClN2O2/c1-15-5-4-8-6-9(14-11(16)7-13)2-3-10(8)12(15)17/h2-6H,7H2,1H3,(H,14,16). The van der Waals surface area contributed by atoms with Crippen LogP contribution in [0.25, 0.3) is 10.8 Å². The van der Waals surface area contributed by atoms with Crippen LogP contribution in [0.2, 0.25) is 0 Å². The molecule has 0 atom stereocenters. The van der Waals surface area contributed by atoms with Crippen molar-refractivity contribution in [3.8, 4) is 0 Å². The van der Waals surface area contributed by atoms with Crippen LogP contribution in [0.3, 0.4) is 0 Å². The lowest BCUT2D eigenvalue weighted by molar-refractivity contribution is -0.113. The average molecular weight is 251 g/mol. The molecule has 5 heteroatoms. The highest BCUT2D eigenvalue weighted by molar-refractivity contribution is 6.29. The van der Waals surface area contributed by atoms with Crippen LogP contribution in [-0.4, -0.2) is 16.4 Å². The lowest BCUT2D eigenvalue weighted by atomic mass is 10.1. The van der Waals surface area contributed by atoms with Crippen LogP contribution >= 0.6 is 11.6 Å². The van der Waals surface area contributed by atoms with Gasteiger partial charge in [-0.3, -0.25) is 9.59 Å². The fourth-order valence-electron chi connectivity index (χ4n) is 1.62. The summed E-state index contributed by atoms with van der Waals surface area (Å²) >= 11 is 5.40. The van der Waals surface area contributed by atoms with Crippen molar-refractivity contribution in [2.24, 2.45) is 7.05 Å². The van der Waals surface area contributed by atoms with Crippen molar-refractivity contribution in [1.82, 2.24) is 4.57 Å². The number of rotatable bonds is 2. The van der Waals surface area contributed by atoms with E-state index in [4.69, 9.17) is 11.6 Å². The Kier molecular flexibility index (Phi) is 3.15. The van der Waals surface area contributed by atoms with Crippen LogP contribution in [-0.2, 0) is 11.8 Å². The highest BCUT2D eigenvalue weighted by atomic mass is 35.5. The van der Waals surface area contributed by atoms with Gasteiger partial charge in [-0.25, -0.2) is 0 Å². The molecule has 88 valence electrons. The molecule has 1 aromatic carbocycles. The monoisotopic (exact) mass is 250 g/mol. The first-order chi connectivity index (χ1) is 8.11. The molecule has 0 radical (unpaired) electrons. The van der Waals surface area contributed by atoms with Gasteiger partial charge in [-0.05, 0) is 29.7 Å². The van der Waals surface area contributed by atoms with E-state index in [1.807, 2.05) is 6.07 Å². The Hall–Kier alpha value is -1.81. The minimum absolute atomic E-state index is 0.0577. The second-order valence-corrected chi connectivity index (χ2v) is 3.98. The van der Waals surface area contributed by atoms with Crippen molar-refractivity contribution in [2.45, 2.75) is 0 Å². The Labute approximate surface area is 103 Å². The minimum atomic E-state index is -0.269. The molecule has 2 aromatic rings. The van der Waals surface area contributed by atoms with Crippen LogP contribution in [0.1, 0.15) is 0 Å². The van der Waals surface area contributed by atoms with Crippen LogP contribution < -0.4 is 10.9 Å². The van der Waals surface area contributed by atoms with E-state index in [1.165, 1.54) is 4.57 Å². The molecule has 0 bridgehead atoms. The molecule has 0 saturated heterocycles. The van der Waals surface area contributed by atoms with Crippen LogP contribution in [0, 0.1) is 0 Å². The number of hydrogen-bond acceptors (Lipinski definition) is 2. The van der Waals surface area contributed by atoms with E-state index in [0.29, 0.717) is 11.1 Å². The number of nitrogens with one attached hydrogen (secondary N) is 1. The fraction of sp³-hybridized carbons (Fsp3) is 0.167. The quantitative estimate of drug-likeness (QED) is 0.825. The number of benzene rings is 1. The van der Waals surface area contributed by atoms with Gasteiger partial charge >= 0.3 is 0 Å². The molecular weight excluding hydrogens is 240 g/mol. The molecular formula is C12H11ClN2O2. The summed E-state index contributed by atoms with van der Waals surface area (Å²) in [6.45, 7) is 0. The van der Waals surface area contributed by atoms with Gasteiger partial charge < -0.3 is 9.88 Å². The van der Waals surface area contributed by atoms with Crippen molar-refractivity contribution in [3.05, 3.63) is 40.8 Å². The number of halogens is 1. The first-order valence-electron chi connectivity index (χ1n) is 5.07. The Morgan fingerprint density at radius 2 is 2.18 bits per heavy atom. The molecule has 0 aliphatic carbocycles. The topological polar surface area (TPSA) is 51.1 Å². The third kappa shape index (κ3) is 2.31. The number of fused-ring (bicyclic) bond motifs is 1. The zero-order chi connectivity index (χ0) is 12.4. The molecule has 0 fully saturated rings. The number of carbonyl (C=O) groups excluding carboxylic acids is 1. The molecule has 2 rings (SSSR count). The third-order valence-electron chi connectivity index (χ3n) is 2.49. The van der Waals surface area contributed by atoms with Crippen LogP contribution in [0.5, 0.6) is 0 Å². The van der Waals surface area contributed by atoms with Gasteiger partial charge in [0.15, 0.2) is 0 Å². The minimum Gasteiger partial charge on any atom is -0.325 e. The molecule has 17 heavy (non-hydrogen) atoms. The number of pyridine rings is 1. The van der Waals surface area contributed by atoms with Crippen molar-refractivity contribution in [3.63, 3.8) is 0 Å². The molecule has 0 unspecified atom stereocenters. The van der Waals surface area contributed by atoms with Crippen molar-refractivity contribution >= 4 is 34.0 Å². The predicted molar refractivity (Wildman–Crippen MR) is 68.5 cm³/mol.